The van der Waals surface area contributed by atoms with Crippen molar-refractivity contribution in [3.63, 3.8) is 0 Å². The Kier molecular flexibility index (Phi) is 4.74. The Bertz CT molecular complexity index is 653. The molecule has 0 saturated carbocycles. The summed E-state index contributed by atoms with van der Waals surface area (Å²) in [5.74, 6) is -0.926. The molecule has 128 valence electrons. The number of carbonyl (C=O) groups excluding carboxylic acids is 2. The number of ether oxygens (including phenoxy) is 2. The first-order valence-corrected chi connectivity index (χ1v) is 8.56. The molecular weight excluding hydrogens is 304 g/mol. The van der Waals surface area contributed by atoms with Crippen LogP contribution in [0.3, 0.4) is 0 Å². The molecule has 0 N–H and O–H groups in total. The minimum atomic E-state index is -0.749. The quantitative estimate of drug-likeness (QED) is 0.448. The minimum Gasteiger partial charge on any atom is -0.424 e. The van der Waals surface area contributed by atoms with Gasteiger partial charge in [-0.1, -0.05) is 42.0 Å². The molecule has 1 aliphatic carbocycles. The van der Waals surface area contributed by atoms with Gasteiger partial charge in [0, 0.05) is 5.57 Å². The fraction of sp³-hybridized carbons (Fsp3) is 0.500. The average Bonchev–Trinajstić information content (AvgIpc) is 2.84. The summed E-state index contributed by atoms with van der Waals surface area (Å²) in [6, 6.07) is 0. The van der Waals surface area contributed by atoms with Crippen molar-refractivity contribution in [2.45, 2.75) is 45.8 Å². The van der Waals surface area contributed by atoms with E-state index in [1.54, 1.807) is 0 Å². The van der Waals surface area contributed by atoms with Gasteiger partial charge in [0.05, 0.1) is 11.8 Å². The Morgan fingerprint density at radius 1 is 1.33 bits per heavy atom. The first-order chi connectivity index (χ1) is 11.5. The van der Waals surface area contributed by atoms with Gasteiger partial charge in [0.15, 0.2) is 0 Å². The Labute approximate surface area is 142 Å². The summed E-state index contributed by atoms with van der Waals surface area (Å²) in [7, 11) is 0. The van der Waals surface area contributed by atoms with E-state index >= 15 is 0 Å². The molecule has 2 saturated heterocycles. The second-order valence-corrected chi connectivity index (χ2v) is 6.98. The Morgan fingerprint density at radius 3 is 2.88 bits per heavy atom. The zero-order chi connectivity index (χ0) is 17.3. The Morgan fingerprint density at radius 2 is 2.12 bits per heavy atom. The van der Waals surface area contributed by atoms with Gasteiger partial charge in [0.1, 0.15) is 0 Å². The van der Waals surface area contributed by atoms with E-state index in [-0.39, 0.29) is 29.7 Å². The standard InChI is InChI=1S/C20H24O4/c1-12(2)6-4-8-15-14-11-10-13(3)7-5-9-16-17(14)20(23-18(15)21)24-19(16)22/h4,6-7,9,14-15,17,20H,1,5,8,10-11H2,2-3H3/b6-4+,13-7+,16-9+/t14-,15+,17-,20+/m1/s1. The van der Waals surface area contributed by atoms with Crippen LogP contribution < -0.4 is 0 Å². The molecule has 0 unspecified atom stereocenters. The van der Waals surface area contributed by atoms with Crippen LogP contribution in [0, 0.1) is 17.8 Å². The summed E-state index contributed by atoms with van der Waals surface area (Å²) >= 11 is 0. The number of carbonyl (C=O) groups is 2. The molecule has 0 amide bonds. The number of esters is 2. The van der Waals surface area contributed by atoms with Crippen LogP contribution >= 0.6 is 0 Å². The molecule has 4 atom stereocenters. The third-order valence-corrected chi connectivity index (χ3v) is 5.09. The lowest BCUT2D eigenvalue weighted by molar-refractivity contribution is -0.202. The molecule has 24 heavy (non-hydrogen) atoms. The van der Waals surface area contributed by atoms with Crippen LogP contribution in [0.2, 0.25) is 0 Å². The lowest BCUT2D eigenvalue weighted by atomic mass is 9.72. The molecule has 4 nitrogen and oxygen atoms in total. The van der Waals surface area contributed by atoms with E-state index < -0.39 is 6.29 Å². The van der Waals surface area contributed by atoms with Crippen molar-refractivity contribution in [2.75, 3.05) is 0 Å². The highest BCUT2D eigenvalue weighted by Crippen LogP contribution is 2.46. The van der Waals surface area contributed by atoms with Gasteiger partial charge in [0.25, 0.3) is 6.29 Å². The van der Waals surface area contributed by atoms with Gasteiger partial charge in [0.2, 0.25) is 0 Å². The summed E-state index contributed by atoms with van der Waals surface area (Å²) in [6.07, 6.45) is 10.3. The SMILES string of the molecule is C=C(C)/C=C/C[C@@H]1C(=O)O[C@H]2OC(=O)/C3=C/C/C=C(\C)CC[C@H]1[C@H]32. The molecule has 3 rings (SSSR count). The van der Waals surface area contributed by atoms with E-state index in [0.29, 0.717) is 12.0 Å². The maximum Gasteiger partial charge on any atom is 0.337 e. The van der Waals surface area contributed by atoms with Crippen LogP contribution in [0.1, 0.15) is 39.5 Å². The van der Waals surface area contributed by atoms with Crippen LogP contribution in [0.4, 0.5) is 0 Å². The highest BCUT2D eigenvalue weighted by Gasteiger charge is 2.53. The Balaban J connectivity index is 1.92. The largest absolute Gasteiger partial charge is 0.424 e. The lowest BCUT2D eigenvalue weighted by Crippen LogP contribution is -2.43. The molecule has 0 aromatic carbocycles. The summed E-state index contributed by atoms with van der Waals surface area (Å²) < 4.78 is 10.8. The maximum atomic E-state index is 12.5. The summed E-state index contributed by atoms with van der Waals surface area (Å²) in [5.41, 5.74) is 2.93. The van der Waals surface area contributed by atoms with Gasteiger partial charge in [-0.15, -0.1) is 0 Å². The second-order valence-electron chi connectivity index (χ2n) is 6.98. The van der Waals surface area contributed by atoms with Gasteiger partial charge < -0.3 is 9.47 Å². The number of rotatable bonds is 3. The topological polar surface area (TPSA) is 52.6 Å². The highest BCUT2D eigenvalue weighted by molar-refractivity contribution is 5.92. The van der Waals surface area contributed by atoms with Crippen LogP contribution in [-0.4, -0.2) is 18.2 Å². The first-order valence-electron chi connectivity index (χ1n) is 8.56. The van der Waals surface area contributed by atoms with Crippen molar-refractivity contribution in [3.8, 4) is 0 Å². The maximum absolute atomic E-state index is 12.5. The first kappa shape index (κ1) is 16.7. The normalized spacial score (nSPS) is 37.1. The van der Waals surface area contributed by atoms with Crippen molar-refractivity contribution in [2.24, 2.45) is 17.8 Å². The summed E-state index contributed by atoms with van der Waals surface area (Å²) in [4.78, 5) is 24.7. The van der Waals surface area contributed by atoms with E-state index in [2.05, 4.69) is 19.6 Å². The molecule has 2 heterocycles. The van der Waals surface area contributed by atoms with Gasteiger partial charge in [-0.2, -0.15) is 0 Å². The van der Waals surface area contributed by atoms with Crippen molar-refractivity contribution in [1.82, 2.24) is 0 Å². The minimum absolute atomic E-state index is 0.0603. The monoisotopic (exact) mass is 328 g/mol. The highest BCUT2D eigenvalue weighted by atomic mass is 16.7. The summed E-state index contributed by atoms with van der Waals surface area (Å²) in [6.45, 7) is 7.87. The number of hydrogen-bond acceptors (Lipinski definition) is 4. The fourth-order valence-corrected chi connectivity index (χ4v) is 3.86. The number of hydrogen-bond donors (Lipinski definition) is 0. The Hall–Kier alpha value is -2.10. The van der Waals surface area contributed by atoms with E-state index in [4.69, 9.17) is 9.47 Å². The molecule has 4 heteroatoms. The van der Waals surface area contributed by atoms with Gasteiger partial charge >= 0.3 is 11.9 Å². The van der Waals surface area contributed by atoms with Gasteiger partial charge in [-0.05, 0) is 45.4 Å². The molecule has 2 fully saturated rings. The smallest absolute Gasteiger partial charge is 0.337 e. The molecule has 0 bridgehead atoms. The third kappa shape index (κ3) is 3.23. The molecule has 2 aliphatic heterocycles. The third-order valence-electron chi connectivity index (χ3n) is 5.09. The van der Waals surface area contributed by atoms with Gasteiger partial charge in [-0.3, -0.25) is 4.79 Å². The summed E-state index contributed by atoms with van der Waals surface area (Å²) in [5, 5.41) is 0. The molecule has 0 aromatic rings. The van der Waals surface area contributed by atoms with E-state index in [9.17, 15) is 9.59 Å². The van der Waals surface area contributed by atoms with Gasteiger partial charge in [-0.25, -0.2) is 4.79 Å². The molecule has 0 radical (unpaired) electrons. The average molecular weight is 328 g/mol. The van der Waals surface area contributed by atoms with Crippen molar-refractivity contribution >= 4 is 11.9 Å². The van der Waals surface area contributed by atoms with Crippen LogP contribution in [0.15, 0.2) is 47.6 Å². The molecule has 3 aliphatic rings. The van der Waals surface area contributed by atoms with E-state index in [1.807, 2.05) is 25.2 Å². The zero-order valence-corrected chi connectivity index (χ0v) is 14.3. The lowest BCUT2D eigenvalue weighted by Gasteiger charge is -2.37. The zero-order valence-electron chi connectivity index (χ0n) is 14.3. The van der Waals surface area contributed by atoms with Crippen LogP contribution in [0.25, 0.3) is 0 Å². The molecular formula is C20H24O4. The van der Waals surface area contributed by atoms with E-state index in [0.717, 1.165) is 24.8 Å². The molecule has 0 aromatic heterocycles. The predicted molar refractivity (Wildman–Crippen MR) is 90.7 cm³/mol. The van der Waals surface area contributed by atoms with Crippen molar-refractivity contribution in [3.05, 3.63) is 47.6 Å². The second kappa shape index (κ2) is 6.80. The predicted octanol–water partition coefficient (Wildman–Crippen LogP) is 3.85. The van der Waals surface area contributed by atoms with Crippen LogP contribution in [-0.2, 0) is 19.1 Å². The number of allylic oxidation sites excluding steroid dienone is 6. The fourth-order valence-electron chi connectivity index (χ4n) is 3.86. The van der Waals surface area contributed by atoms with Crippen LogP contribution in [0.5, 0.6) is 0 Å². The van der Waals surface area contributed by atoms with Crippen molar-refractivity contribution in [1.29, 1.82) is 0 Å². The van der Waals surface area contributed by atoms with E-state index in [1.165, 1.54) is 5.57 Å². The van der Waals surface area contributed by atoms with Crippen molar-refractivity contribution < 1.29 is 19.1 Å². The molecule has 0 spiro atoms.